The van der Waals surface area contributed by atoms with Crippen LogP contribution in [0.25, 0.3) is 10.9 Å². The van der Waals surface area contributed by atoms with Crippen molar-refractivity contribution in [2.24, 2.45) is 0 Å². The van der Waals surface area contributed by atoms with E-state index < -0.39 is 11.7 Å². The summed E-state index contributed by atoms with van der Waals surface area (Å²) in [5.41, 5.74) is -0.877. The highest BCUT2D eigenvalue weighted by Gasteiger charge is 2.34. The third kappa shape index (κ3) is 1.98. The molecule has 0 unspecified atom stereocenters. The van der Waals surface area contributed by atoms with E-state index in [0.717, 1.165) is 6.07 Å². The first-order valence-electron chi connectivity index (χ1n) is 4.80. The molecule has 7 heteroatoms. The molecular formula is C11H7BrF3NO2. The Bertz CT molecular complexity index is 619. The first-order valence-corrected chi connectivity index (χ1v) is 5.59. The average Bonchev–Trinajstić information content (AvgIpc) is 2.61. The quantitative estimate of drug-likeness (QED) is 0.855. The number of hydrogen-bond acceptors (Lipinski definition) is 2. The average molecular weight is 322 g/mol. The van der Waals surface area contributed by atoms with Crippen LogP contribution >= 0.6 is 15.9 Å². The number of carbonyl (C=O) groups excluding carboxylic acids is 1. The Morgan fingerprint density at radius 1 is 1.39 bits per heavy atom. The molecule has 18 heavy (non-hydrogen) atoms. The van der Waals surface area contributed by atoms with E-state index >= 15 is 0 Å². The van der Waals surface area contributed by atoms with Crippen molar-refractivity contribution in [3.8, 4) is 5.75 Å². The van der Waals surface area contributed by atoms with Crippen molar-refractivity contribution in [3.63, 3.8) is 0 Å². The number of carbonyl (C=O) groups is 1. The highest BCUT2D eigenvalue weighted by molar-refractivity contribution is 9.10. The van der Waals surface area contributed by atoms with Gasteiger partial charge in [0.15, 0.2) is 6.29 Å². The second-order valence-electron chi connectivity index (χ2n) is 3.57. The first-order chi connectivity index (χ1) is 8.38. The van der Waals surface area contributed by atoms with Gasteiger partial charge in [0.05, 0.1) is 28.4 Å². The zero-order chi connectivity index (χ0) is 13.5. The van der Waals surface area contributed by atoms with E-state index in [1.807, 2.05) is 0 Å². The van der Waals surface area contributed by atoms with Crippen LogP contribution in [-0.2, 0) is 6.18 Å². The van der Waals surface area contributed by atoms with Crippen LogP contribution in [-0.4, -0.2) is 18.4 Å². The van der Waals surface area contributed by atoms with E-state index in [1.54, 1.807) is 0 Å². The Hall–Kier alpha value is -1.50. The molecule has 0 aliphatic heterocycles. The highest BCUT2D eigenvalue weighted by Crippen LogP contribution is 2.39. The van der Waals surface area contributed by atoms with Crippen molar-refractivity contribution in [3.05, 3.63) is 27.9 Å². The van der Waals surface area contributed by atoms with Gasteiger partial charge >= 0.3 is 6.18 Å². The molecule has 0 aliphatic carbocycles. The van der Waals surface area contributed by atoms with Crippen LogP contribution in [0.3, 0.4) is 0 Å². The fourth-order valence-corrected chi connectivity index (χ4v) is 2.22. The molecule has 0 bridgehead atoms. The van der Waals surface area contributed by atoms with E-state index in [1.165, 1.54) is 13.2 Å². The number of ether oxygens (including phenoxy) is 1. The highest BCUT2D eigenvalue weighted by atomic mass is 79.9. The van der Waals surface area contributed by atoms with Gasteiger partial charge in [-0.2, -0.15) is 13.2 Å². The fraction of sp³-hybridized carbons (Fsp3) is 0.182. The number of rotatable bonds is 2. The maximum atomic E-state index is 12.9. The Kier molecular flexibility index (Phi) is 3.10. The number of halogens is 4. The van der Waals surface area contributed by atoms with Crippen LogP contribution in [0, 0.1) is 0 Å². The van der Waals surface area contributed by atoms with Gasteiger partial charge in [-0.1, -0.05) is 0 Å². The maximum absolute atomic E-state index is 12.9. The van der Waals surface area contributed by atoms with Gasteiger partial charge in [0.1, 0.15) is 5.75 Å². The number of aldehydes is 1. The number of nitrogens with one attached hydrogen (secondary N) is 1. The minimum Gasteiger partial charge on any atom is -0.497 e. The lowest BCUT2D eigenvalue weighted by molar-refractivity contribution is -0.136. The van der Waals surface area contributed by atoms with Gasteiger partial charge in [-0.25, -0.2) is 0 Å². The standard InChI is InChI=1S/C11H7BrF3NO2/c1-18-5-2-6-7(4-17)10(12)16-9(6)8(3-5)11(13,14)15/h2-4,16H,1H3. The van der Waals surface area contributed by atoms with Crippen molar-refractivity contribution >= 4 is 33.1 Å². The molecule has 0 radical (unpaired) electrons. The topological polar surface area (TPSA) is 42.1 Å². The van der Waals surface area contributed by atoms with Crippen LogP contribution in [0.1, 0.15) is 15.9 Å². The number of methoxy groups -OCH3 is 1. The summed E-state index contributed by atoms with van der Waals surface area (Å²) in [6.07, 6.45) is -4.04. The summed E-state index contributed by atoms with van der Waals surface area (Å²) < 4.78 is 43.7. The Morgan fingerprint density at radius 2 is 2.06 bits per heavy atom. The number of fused-ring (bicyclic) bond motifs is 1. The second kappa shape index (κ2) is 4.31. The molecule has 0 amide bonds. The van der Waals surface area contributed by atoms with E-state index in [9.17, 15) is 18.0 Å². The van der Waals surface area contributed by atoms with Crippen LogP contribution < -0.4 is 4.74 Å². The second-order valence-corrected chi connectivity index (χ2v) is 4.36. The summed E-state index contributed by atoms with van der Waals surface area (Å²) in [5.74, 6) is 0.0458. The summed E-state index contributed by atoms with van der Waals surface area (Å²) in [5, 5.41) is 0.170. The molecule has 0 fully saturated rings. The summed E-state index contributed by atoms with van der Waals surface area (Å²) in [7, 11) is 1.27. The largest absolute Gasteiger partial charge is 0.497 e. The monoisotopic (exact) mass is 321 g/mol. The molecule has 2 rings (SSSR count). The van der Waals surface area contributed by atoms with E-state index in [0.29, 0.717) is 6.29 Å². The number of benzene rings is 1. The van der Waals surface area contributed by atoms with Gasteiger partial charge in [0.25, 0.3) is 0 Å². The van der Waals surface area contributed by atoms with E-state index in [2.05, 4.69) is 20.9 Å². The fourth-order valence-electron chi connectivity index (χ4n) is 1.71. The number of aromatic amines is 1. The lowest BCUT2D eigenvalue weighted by atomic mass is 10.1. The summed E-state index contributed by atoms with van der Waals surface area (Å²) in [6, 6.07) is 2.27. The van der Waals surface area contributed by atoms with Gasteiger partial charge in [-0.3, -0.25) is 4.79 Å². The summed E-state index contributed by atoms with van der Waals surface area (Å²) >= 11 is 3.02. The Labute approximate surface area is 108 Å². The Balaban J connectivity index is 2.89. The smallest absolute Gasteiger partial charge is 0.418 e. The number of aromatic nitrogens is 1. The van der Waals surface area contributed by atoms with Crippen LogP contribution in [0.2, 0.25) is 0 Å². The predicted molar refractivity (Wildman–Crippen MR) is 62.9 cm³/mol. The van der Waals surface area contributed by atoms with Crippen LogP contribution in [0.5, 0.6) is 5.75 Å². The normalized spacial score (nSPS) is 11.8. The van der Waals surface area contributed by atoms with Gasteiger partial charge in [0.2, 0.25) is 0 Å². The van der Waals surface area contributed by atoms with Crippen molar-refractivity contribution in [1.82, 2.24) is 4.98 Å². The third-order valence-electron chi connectivity index (χ3n) is 2.53. The van der Waals surface area contributed by atoms with Gasteiger partial charge in [-0.15, -0.1) is 0 Å². The molecular weight excluding hydrogens is 315 g/mol. The molecule has 0 spiro atoms. The van der Waals surface area contributed by atoms with Crippen molar-refractivity contribution in [1.29, 1.82) is 0 Å². The molecule has 1 N–H and O–H groups in total. The molecule has 2 aromatic rings. The lowest BCUT2D eigenvalue weighted by Crippen LogP contribution is -2.06. The van der Waals surface area contributed by atoms with Gasteiger partial charge in [0, 0.05) is 5.39 Å². The zero-order valence-corrected chi connectivity index (χ0v) is 10.6. The van der Waals surface area contributed by atoms with Gasteiger partial charge < -0.3 is 9.72 Å². The van der Waals surface area contributed by atoms with Gasteiger partial charge in [-0.05, 0) is 28.1 Å². The van der Waals surface area contributed by atoms with E-state index in [-0.39, 0.29) is 26.8 Å². The number of alkyl halides is 3. The molecule has 3 nitrogen and oxygen atoms in total. The molecule has 1 aromatic carbocycles. The third-order valence-corrected chi connectivity index (χ3v) is 3.16. The maximum Gasteiger partial charge on any atom is 0.418 e. The van der Waals surface area contributed by atoms with Crippen LogP contribution in [0.4, 0.5) is 13.2 Å². The van der Waals surface area contributed by atoms with Crippen LogP contribution in [0.15, 0.2) is 16.7 Å². The lowest BCUT2D eigenvalue weighted by Gasteiger charge is -2.10. The minimum atomic E-state index is -4.53. The predicted octanol–water partition coefficient (Wildman–Crippen LogP) is 3.77. The van der Waals surface area contributed by atoms with E-state index in [4.69, 9.17) is 4.74 Å². The summed E-state index contributed by atoms with van der Waals surface area (Å²) in [6.45, 7) is 0. The Morgan fingerprint density at radius 3 is 2.56 bits per heavy atom. The molecule has 1 heterocycles. The molecule has 96 valence electrons. The SMILES string of the molecule is COc1cc(C(F)(F)F)c2[nH]c(Br)c(C=O)c2c1. The molecule has 1 aromatic heterocycles. The van der Waals surface area contributed by atoms with Crippen molar-refractivity contribution < 1.29 is 22.7 Å². The molecule has 0 atom stereocenters. The number of hydrogen-bond donors (Lipinski definition) is 1. The molecule has 0 saturated heterocycles. The molecule has 0 saturated carbocycles. The van der Waals surface area contributed by atoms with Crippen molar-refractivity contribution in [2.45, 2.75) is 6.18 Å². The minimum absolute atomic E-state index is 0.0458. The summed E-state index contributed by atoms with van der Waals surface area (Å²) in [4.78, 5) is 13.4. The number of H-pyrrole nitrogens is 1. The first kappa shape index (κ1) is 12.9. The zero-order valence-electron chi connectivity index (χ0n) is 9.06. The van der Waals surface area contributed by atoms with Crippen molar-refractivity contribution in [2.75, 3.05) is 7.11 Å². The molecule has 0 aliphatic rings.